The van der Waals surface area contributed by atoms with E-state index in [0.717, 1.165) is 42.1 Å². The Morgan fingerprint density at radius 2 is 2.23 bits per heavy atom. The first kappa shape index (κ1) is 18.5. The van der Waals surface area contributed by atoms with Crippen molar-refractivity contribution in [1.82, 2.24) is 19.8 Å². The van der Waals surface area contributed by atoms with Crippen molar-refractivity contribution < 1.29 is 9.53 Å². The number of nitrogens with one attached hydrogen (secondary N) is 1. The molecule has 0 saturated heterocycles. The largest absolute Gasteiger partial charge is 0.497 e. The second kappa shape index (κ2) is 7.91. The van der Waals surface area contributed by atoms with Crippen LogP contribution < -0.4 is 10.1 Å². The molecule has 1 aliphatic rings. The minimum Gasteiger partial charge on any atom is -0.497 e. The van der Waals surface area contributed by atoms with E-state index in [-0.39, 0.29) is 11.9 Å². The number of benzene rings is 1. The molecule has 1 amide bonds. The molecule has 0 aliphatic carbocycles. The maximum absolute atomic E-state index is 13.0. The van der Waals surface area contributed by atoms with Crippen molar-refractivity contribution in [3.63, 3.8) is 0 Å². The summed E-state index contributed by atoms with van der Waals surface area (Å²) in [5.41, 5.74) is 3.21. The first-order chi connectivity index (χ1) is 12.5. The SMILES string of the molecule is COc1cccc(CCNC(=O)C2c3c(ncn3C)CCN2C(C)C)c1. The van der Waals surface area contributed by atoms with Crippen LogP contribution in [0.15, 0.2) is 30.6 Å². The van der Waals surface area contributed by atoms with Crippen molar-refractivity contribution in [1.29, 1.82) is 0 Å². The Kier molecular flexibility index (Phi) is 5.61. The molecular formula is C20H28N4O2. The highest BCUT2D eigenvalue weighted by atomic mass is 16.5. The van der Waals surface area contributed by atoms with Gasteiger partial charge in [0.05, 0.1) is 24.8 Å². The topological polar surface area (TPSA) is 59.4 Å². The predicted octanol–water partition coefficient (Wildman–Crippen LogP) is 2.10. The number of aromatic nitrogens is 2. The Morgan fingerprint density at radius 1 is 1.42 bits per heavy atom. The van der Waals surface area contributed by atoms with E-state index >= 15 is 0 Å². The minimum absolute atomic E-state index is 0.0474. The maximum atomic E-state index is 13.0. The number of rotatable bonds is 6. The average Bonchev–Trinajstić information content (AvgIpc) is 3.02. The van der Waals surface area contributed by atoms with Gasteiger partial charge in [0.2, 0.25) is 5.91 Å². The van der Waals surface area contributed by atoms with Gasteiger partial charge >= 0.3 is 0 Å². The lowest BCUT2D eigenvalue weighted by Gasteiger charge is -2.37. The number of methoxy groups -OCH3 is 1. The number of aryl methyl sites for hydroxylation is 1. The van der Waals surface area contributed by atoms with Gasteiger partial charge in [0.25, 0.3) is 0 Å². The minimum atomic E-state index is -0.281. The number of nitrogens with zero attached hydrogens (tertiary/aromatic N) is 3. The summed E-state index contributed by atoms with van der Waals surface area (Å²) in [5.74, 6) is 0.887. The number of carbonyl (C=O) groups excluding carboxylic acids is 1. The van der Waals surface area contributed by atoms with Crippen molar-refractivity contribution in [2.75, 3.05) is 20.2 Å². The standard InChI is InChI=1S/C20H28N4O2/c1-14(2)24-11-9-17-18(23(3)13-22-17)19(24)20(25)21-10-8-15-6-5-7-16(12-15)26-4/h5-7,12-14,19H,8-11H2,1-4H3,(H,21,25). The van der Waals surface area contributed by atoms with Crippen LogP contribution in [-0.2, 0) is 24.7 Å². The van der Waals surface area contributed by atoms with Gasteiger partial charge in [-0.2, -0.15) is 0 Å². The van der Waals surface area contributed by atoms with Gasteiger partial charge in [-0.3, -0.25) is 9.69 Å². The number of hydrogen-bond donors (Lipinski definition) is 1. The highest BCUT2D eigenvalue weighted by Gasteiger charge is 2.36. The van der Waals surface area contributed by atoms with E-state index in [1.165, 1.54) is 0 Å². The van der Waals surface area contributed by atoms with Crippen LogP contribution in [0.25, 0.3) is 0 Å². The summed E-state index contributed by atoms with van der Waals surface area (Å²) in [4.78, 5) is 19.7. The van der Waals surface area contributed by atoms with Crippen molar-refractivity contribution >= 4 is 5.91 Å². The molecule has 1 N–H and O–H groups in total. The zero-order chi connectivity index (χ0) is 18.7. The quantitative estimate of drug-likeness (QED) is 0.861. The van der Waals surface area contributed by atoms with Gasteiger partial charge in [-0.05, 0) is 38.0 Å². The van der Waals surface area contributed by atoms with Crippen LogP contribution in [0.1, 0.15) is 36.8 Å². The number of carbonyl (C=O) groups is 1. The van der Waals surface area contributed by atoms with Crippen molar-refractivity contribution in [2.45, 2.75) is 38.8 Å². The first-order valence-electron chi connectivity index (χ1n) is 9.17. The molecule has 6 nitrogen and oxygen atoms in total. The lowest BCUT2D eigenvalue weighted by Crippen LogP contribution is -2.48. The molecule has 0 saturated carbocycles. The van der Waals surface area contributed by atoms with Crippen LogP contribution in [0.4, 0.5) is 0 Å². The Morgan fingerprint density at radius 3 is 2.96 bits per heavy atom. The van der Waals surface area contributed by atoms with E-state index in [4.69, 9.17) is 4.74 Å². The second-order valence-electron chi connectivity index (χ2n) is 7.06. The molecule has 140 valence electrons. The van der Waals surface area contributed by atoms with Crippen LogP contribution in [-0.4, -0.2) is 46.6 Å². The van der Waals surface area contributed by atoms with Crippen LogP contribution in [0.3, 0.4) is 0 Å². The summed E-state index contributed by atoms with van der Waals surface area (Å²) >= 11 is 0. The summed E-state index contributed by atoms with van der Waals surface area (Å²) < 4.78 is 7.24. The normalized spacial score (nSPS) is 17.2. The van der Waals surface area contributed by atoms with Gasteiger partial charge in [0, 0.05) is 32.6 Å². The zero-order valence-electron chi connectivity index (χ0n) is 16.0. The molecule has 6 heteroatoms. The molecule has 1 aromatic heterocycles. The predicted molar refractivity (Wildman–Crippen MR) is 101 cm³/mol. The average molecular weight is 356 g/mol. The van der Waals surface area contributed by atoms with Gasteiger partial charge < -0.3 is 14.6 Å². The first-order valence-corrected chi connectivity index (χ1v) is 9.17. The fourth-order valence-electron chi connectivity index (χ4n) is 3.64. The van der Waals surface area contributed by atoms with Crippen molar-refractivity contribution in [3.8, 4) is 5.75 Å². The number of amides is 1. The third kappa shape index (κ3) is 3.75. The third-order valence-electron chi connectivity index (χ3n) is 5.02. The van der Waals surface area contributed by atoms with E-state index in [0.29, 0.717) is 12.6 Å². The molecule has 0 radical (unpaired) electrons. The smallest absolute Gasteiger partial charge is 0.243 e. The summed E-state index contributed by atoms with van der Waals surface area (Å²) in [5, 5.41) is 3.12. The van der Waals surface area contributed by atoms with Crippen molar-refractivity contribution in [3.05, 3.63) is 47.5 Å². The Bertz CT molecular complexity index is 769. The lowest BCUT2D eigenvalue weighted by atomic mass is 9.99. The van der Waals surface area contributed by atoms with Gasteiger partial charge in [-0.25, -0.2) is 4.98 Å². The molecule has 26 heavy (non-hydrogen) atoms. The maximum Gasteiger partial charge on any atom is 0.243 e. The van der Waals surface area contributed by atoms with Crippen LogP contribution in [0.5, 0.6) is 5.75 Å². The third-order valence-corrected chi connectivity index (χ3v) is 5.02. The summed E-state index contributed by atoms with van der Waals surface area (Å²) in [6.45, 7) is 5.73. The molecule has 0 bridgehead atoms. The van der Waals surface area contributed by atoms with E-state index in [9.17, 15) is 4.79 Å². The summed E-state index contributed by atoms with van der Waals surface area (Å²) in [6.07, 6.45) is 3.47. The molecular weight excluding hydrogens is 328 g/mol. The van der Waals surface area contributed by atoms with E-state index in [1.54, 1.807) is 7.11 Å². The van der Waals surface area contributed by atoms with Crippen LogP contribution in [0, 0.1) is 0 Å². The number of hydrogen-bond acceptors (Lipinski definition) is 4. The molecule has 2 aromatic rings. The zero-order valence-corrected chi connectivity index (χ0v) is 16.0. The lowest BCUT2D eigenvalue weighted by molar-refractivity contribution is -0.128. The van der Waals surface area contributed by atoms with Gasteiger partial charge in [0.15, 0.2) is 0 Å². The number of imidazole rings is 1. The number of fused-ring (bicyclic) bond motifs is 1. The van der Waals surface area contributed by atoms with Gasteiger partial charge in [0.1, 0.15) is 11.8 Å². The van der Waals surface area contributed by atoms with E-state index in [2.05, 4.69) is 35.1 Å². The highest BCUT2D eigenvalue weighted by Crippen LogP contribution is 2.30. The molecule has 1 unspecified atom stereocenters. The number of ether oxygens (including phenoxy) is 1. The molecule has 2 heterocycles. The Labute approximate surface area is 155 Å². The van der Waals surface area contributed by atoms with Crippen molar-refractivity contribution in [2.24, 2.45) is 7.05 Å². The molecule has 0 spiro atoms. The van der Waals surface area contributed by atoms with Crippen LogP contribution in [0.2, 0.25) is 0 Å². The summed E-state index contributed by atoms with van der Waals surface area (Å²) in [7, 11) is 3.63. The fourth-order valence-corrected chi connectivity index (χ4v) is 3.64. The Hall–Kier alpha value is -2.34. The van der Waals surface area contributed by atoms with Gasteiger partial charge in [-0.1, -0.05) is 12.1 Å². The molecule has 1 atom stereocenters. The highest BCUT2D eigenvalue weighted by molar-refractivity contribution is 5.83. The molecule has 3 rings (SSSR count). The Balaban J connectivity index is 1.69. The fraction of sp³-hybridized carbons (Fsp3) is 0.500. The monoisotopic (exact) mass is 356 g/mol. The van der Waals surface area contributed by atoms with Crippen LogP contribution >= 0.6 is 0 Å². The molecule has 1 aromatic carbocycles. The summed E-state index contributed by atoms with van der Waals surface area (Å²) in [6, 6.07) is 7.97. The van der Waals surface area contributed by atoms with E-state index in [1.807, 2.05) is 36.1 Å². The second-order valence-corrected chi connectivity index (χ2v) is 7.06. The molecule has 1 aliphatic heterocycles. The molecule has 0 fully saturated rings. The van der Waals surface area contributed by atoms with E-state index < -0.39 is 0 Å². The van der Waals surface area contributed by atoms with Gasteiger partial charge in [-0.15, -0.1) is 0 Å².